The Morgan fingerprint density at radius 3 is 2.52 bits per heavy atom. The largest absolute Gasteiger partial charge is 0.379 e. The third-order valence-corrected chi connectivity index (χ3v) is 4.79. The molecule has 0 radical (unpaired) electrons. The number of morpholine rings is 1. The zero-order chi connectivity index (χ0) is 17.6. The van der Waals surface area contributed by atoms with Gasteiger partial charge in [0.2, 0.25) is 11.8 Å². The molecule has 152 valence electrons. The fourth-order valence-corrected chi connectivity index (χ4v) is 3.27. The lowest BCUT2D eigenvalue weighted by atomic mass is 10.1. The summed E-state index contributed by atoms with van der Waals surface area (Å²) in [6, 6.07) is 8.38. The SMILES string of the molecule is Cl.Cl.NC(C(=O)NC1CC(=O)N(CCN2CCOCC2)C1)c1ccccc1. The van der Waals surface area contributed by atoms with Crippen LogP contribution in [0.25, 0.3) is 0 Å². The highest BCUT2D eigenvalue weighted by Gasteiger charge is 2.31. The van der Waals surface area contributed by atoms with Crippen molar-refractivity contribution in [3.63, 3.8) is 0 Å². The molecule has 0 saturated carbocycles. The number of hydrogen-bond donors (Lipinski definition) is 2. The van der Waals surface area contributed by atoms with Crippen LogP contribution in [0.5, 0.6) is 0 Å². The number of likely N-dealkylation sites (tertiary alicyclic amines) is 1. The molecular formula is C18H28Cl2N4O3. The van der Waals surface area contributed by atoms with Gasteiger partial charge in [-0.2, -0.15) is 0 Å². The molecule has 2 atom stereocenters. The summed E-state index contributed by atoms with van der Waals surface area (Å²) in [6.07, 6.45) is 0.344. The molecule has 3 N–H and O–H groups in total. The van der Waals surface area contributed by atoms with Crippen molar-refractivity contribution < 1.29 is 14.3 Å². The van der Waals surface area contributed by atoms with Crippen LogP contribution in [-0.2, 0) is 14.3 Å². The second kappa shape index (κ2) is 11.5. The molecule has 0 aromatic heterocycles. The number of rotatable bonds is 6. The van der Waals surface area contributed by atoms with E-state index in [9.17, 15) is 9.59 Å². The summed E-state index contributed by atoms with van der Waals surface area (Å²) >= 11 is 0. The minimum Gasteiger partial charge on any atom is -0.379 e. The first-order chi connectivity index (χ1) is 12.1. The van der Waals surface area contributed by atoms with Gasteiger partial charge in [0.25, 0.3) is 0 Å². The summed E-state index contributed by atoms with van der Waals surface area (Å²) in [6.45, 7) is 5.42. The highest BCUT2D eigenvalue weighted by Crippen LogP contribution is 2.14. The zero-order valence-electron chi connectivity index (χ0n) is 15.2. The molecule has 9 heteroatoms. The van der Waals surface area contributed by atoms with E-state index in [1.54, 1.807) is 0 Å². The lowest BCUT2D eigenvalue weighted by molar-refractivity contribution is -0.128. The molecule has 3 rings (SSSR count). The number of nitrogens with two attached hydrogens (primary N) is 1. The molecule has 1 aromatic carbocycles. The number of nitrogens with one attached hydrogen (secondary N) is 1. The Labute approximate surface area is 172 Å². The predicted octanol–water partition coefficient (Wildman–Crippen LogP) is 0.579. The van der Waals surface area contributed by atoms with Gasteiger partial charge in [-0.25, -0.2) is 0 Å². The van der Waals surface area contributed by atoms with Crippen molar-refractivity contribution in [3.8, 4) is 0 Å². The van der Waals surface area contributed by atoms with Crippen molar-refractivity contribution in [2.45, 2.75) is 18.5 Å². The molecule has 0 bridgehead atoms. The second-order valence-corrected chi connectivity index (χ2v) is 6.59. The van der Waals surface area contributed by atoms with Crippen LogP contribution in [0.3, 0.4) is 0 Å². The van der Waals surface area contributed by atoms with Crippen LogP contribution in [0.15, 0.2) is 30.3 Å². The van der Waals surface area contributed by atoms with Crippen molar-refractivity contribution in [2.75, 3.05) is 45.9 Å². The summed E-state index contributed by atoms with van der Waals surface area (Å²) in [5, 5.41) is 2.92. The molecule has 2 aliphatic rings. The molecular weight excluding hydrogens is 391 g/mol. The number of carbonyl (C=O) groups is 2. The van der Waals surface area contributed by atoms with Gasteiger partial charge in [-0.1, -0.05) is 30.3 Å². The van der Waals surface area contributed by atoms with E-state index in [-0.39, 0.29) is 42.7 Å². The number of benzene rings is 1. The van der Waals surface area contributed by atoms with Crippen LogP contribution in [0, 0.1) is 0 Å². The zero-order valence-corrected chi connectivity index (χ0v) is 16.8. The van der Waals surface area contributed by atoms with E-state index in [4.69, 9.17) is 10.5 Å². The molecule has 7 nitrogen and oxygen atoms in total. The van der Waals surface area contributed by atoms with Gasteiger partial charge in [-0.3, -0.25) is 14.5 Å². The molecule has 1 aromatic rings. The number of amides is 2. The van der Waals surface area contributed by atoms with Gasteiger partial charge in [-0.15, -0.1) is 24.8 Å². The minimum atomic E-state index is -0.710. The van der Waals surface area contributed by atoms with E-state index in [0.29, 0.717) is 19.5 Å². The van der Waals surface area contributed by atoms with Crippen molar-refractivity contribution in [1.29, 1.82) is 0 Å². The summed E-state index contributed by atoms with van der Waals surface area (Å²) < 4.78 is 5.33. The predicted molar refractivity (Wildman–Crippen MR) is 108 cm³/mol. The monoisotopic (exact) mass is 418 g/mol. The minimum absolute atomic E-state index is 0. The Balaban J connectivity index is 0.00000182. The molecule has 2 heterocycles. The maximum atomic E-state index is 12.3. The lowest BCUT2D eigenvalue weighted by Crippen LogP contribution is -2.44. The van der Waals surface area contributed by atoms with Crippen LogP contribution in [-0.4, -0.2) is 73.6 Å². The Bertz CT molecular complexity index is 600. The Hall–Kier alpha value is -1.38. The molecule has 0 spiro atoms. The molecule has 2 fully saturated rings. The van der Waals surface area contributed by atoms with E-state index >= 15 is 0 Å². The highest BCUT2D eigenvalue weighted by molar-refractivity contribution is 5.86. The van der Waals surface area contributed by atoms with Gasteiger partial charge >= 0.3 is 0 Å². The average Bonchev–Trinajstić information content (AvgIpc) is 3.00. The Morgan fingerprint density at radius 2 is 1.85 bits per heavy atom. The molecule has 2 unspecified atom stereocenters. The van der Waals surface area contributed by atoms with Crippen LogP contribution in [0.4, 0.5) is 0 Å². The first-order valence-electron chi connectivity index (χ1n) is 8.82. The van der Waals surface area contributed by atoms with Gasteiger partial charge in [0.1, 0.15) is 6.04 Å². The standard InChI is InChI=1S/C18H26N4O3.2ClH/c19-17(14-4-2-1-3-5-14)18(24)20-15-12-16(23)22(13-15)7-6-21-8-10-25-11-9-21;;/h1-5,15,17H,6-13,19H2,(H,20,24);2*1H. The van der Waals surface area contributed by atoms with E-state index in [1.165, 1.54) is 0 Å². The molecule has 2 aliphatic heterocycles. The summed E-state index contributed by atoms with van der Waals surface area (Å²) in [5.41, 5.74) is 6.78. The van der Waals surface area contributed by atoms with E-state index in [2.05, 4.69) is 10.2 Å². The van der Waals surface area contributed by atoms with Gasteiger partial charge in [0.15, 0.2) is 0 Å². The van der Waals surface area contributed by atoms with Gasteiger partial charge in [-0.05, 0) is 5.56 Å². The van der Waals surface area contributed by atoms with E-state index in [0.717, 1.165) is 38.4 Å². The maximum Gasteiger partial charge on any atom is 0.241 e. The van der Waals surface area contributed by atoms with Crippen LogP contribution < -0.4 is 11.1 Å². The second-order valence-electron chi connectivity index (χ2n) is 6.59. The normalized spacial score (nSPS) is 21.1. The number of halogens is 2. The van der Waals surface area contributed by atoms with Gasteiger partial charge in [0.05, 0.1) is 19.3 Å². The fourth-order valence-electron chi connectivity index (χ4n) is 3.27. The average molecular weight is 419 g/mol. The third-order valence-electron chi connectivity index (χ3n) is 4.79. The van der Waals surface area contributed by atoms with Crippen molar-refractivity contribution in [2.24, 2.45) is 5.73 Å². The summed E-state index contributed by atoms with van der Waals surface area (Å²) in [4.78, 5) is 28.6. The van der Waals surface area contributed by atoms with Crippen molar-refractivity contribution >= 4 is 36.6 Å². The van der Waals surface area contributed by atoms with E-state index < -0.39 is 6.04 Å². The molecule has 0 aliphatic carbocycles. The lowest BCUT2D eigenvalue weighted by Gasteiger charge is -2.28. The van der Waals surface area contributed by atoms with Crippen LogP contribution >= 0.6 is 24.8 Å². The fraction of sp³-hybridized carbons (Fsp3) is 0.556. The summed E-state index contributed by atoms with van der Waals surface area (Å²) in [5.74, 6) is -0.147. The molecule has 2 saturated heterocycles. The number of nitrogens with zero attached hydrogens (tertiary/aromatic N) is 2. The van der Waals surface area contributed by atoms with Crippen LogP contribution in [0.1, 0.15) is 18.0 Å². The molecule has 27 heavy (non-hydrogen) atoms. The number of hydrogen-bond acceptors (Lipinski definition) is 5. The van der Waals surface area contributed by atoms with Crippen molar-refractivity contribution in [1.82, 2.24) is 15.1 Å². The smallest absolute Gasteiger partial charge is 0.241 e. The van der Waals surface area contributed by atoms with Gasteiger partial charge < -0.3 is 20.7 Å². The number of ether oxygens (including phenoxy) is 1. The Morgan fingerprint density at radius 1 is 1.19 bits per heavy atom. The maximum absolute atomic E-state index is 12.3. The topological polar surface area (TPSA) is 87.9 Å². The van der Waals surface area contributed by atoms with E-state index in [1.807, 2.05) is 35.2 Å². The first-order valence-corrected chi connectivity index (χ1v) is 8.82. The highest BCUT2D eigenvalue weighted by atomic mass is 35.5. The summed E-state index contributed by atoms with van der Waals surface area (Å²) in [7, 11) is 0. The van der Waals surface area contributed by atoms with Crippen molar-refractivity contribution in [3.05, 3.63) is 35.9 Å². The Kier molecular flexibility index (Phi) is 10.0. The molecule has 2 amide bonds. The van der Waals surface area contributed by atoms with Gasteiger partial charge in [0, 0.05) is 39.1 Å². The quantitative estimate of drug-likeness (QED) is 0.705. The third kappa shape index (κ3) is 6.62. The van der Waals surface area contributed by atoms with Crippen LogP contribution in [0.2, 0.25) is 0 Å². The first kappa shape index (κ1) is 23.7. The number of carbonyl (C=O) groups excluding carboxylic acids is 2.